The molecule has 5 heterocycles. The Morgan fingerprint density at radius 3 is 2.33 bits per heavy atom. The van der Waals surface area contributed by atoms with Gasteiger partial charge < -0.3 is 29.4 Å². The molecule has 3 aromatic heterocycles. The van der Waals surface area contributed by atoms with Crippen LogP contribution < -0.4 is 15.5 Å². The zero-order valence-electron chi connectivity index (χ0n) is 22.2. The third-order valence-electron chi connectivity index (χ3n) is 7.91. The van der Waals surface area contributed by atoms with Gasteiger partial charge in [0.1, 0.15) is 22.8 Å². The standard InChI is InChI=1S/C28H33ClN6O5/c29-19-3-7-22(30-17-19)31-28(37)26-25(24-21(40-26)6-8-23(32-24)35-11-15-39-16-12-35)33-27(36)18-1-4-20(5-2-18)34-9-13-38-14-10-34/h3,6-8,17-18,20H,1-2,4-5,9-16H2,(H,33,36)(H,30,31,37). The number of ether oxygens (including phenoxy) is 2. The van der Waals surface area contributed by atoms with Gasteiger partial charge in [0.25, 0.3) is 5.91 Å². The molecule has 2 amide bonds. The van der Waals surface area contributed by atoms with Crippen molar-refractivity contribution in [3.8, 4) is 0 Å². The van der Waals surface area contributed by atoms with E-state index in [1.165, 1.54) is 6.20 Å². The summed E-state index contributed by atoms with van der Waals surface area (Å²) in [4.78, 5) is 40.5. The number of rotatable bonds is 6. The van der Waals surface area contributed by atoms with Gasteiger partial charge in [-0.25, -0.2) is 9.97 Å². The summed E-state index contributed by atoms with van der Waals surface area (Å²) in [6.07, 6.45) is 4.93. The maximum Gasteiger partial charge on any atom is 0.294 e. The van der Waals surface area contributed by atoms with Crippen LogP contribution in [0.15, 0.2) is 34.9 Å². The summed E-state index contributed by atoms with van der Waals surface area (Å²) >= 11 is 5.94. The second-order valence-electron chi connectivity index (χ2n) is 10.4. The number of nitrogens with zero attached hydrogens (tertiary/aromatic N) is 4. The van der Waals surface area contributed by atoms with Crippen LogP contribution in [0.4, 0.5) is 17.3 Å². The van der Waals surface area contributed by atoms with Crippen molar-refractivity contribution in [3.05, 3.63) is 41.2 Å². The van der Waals surface area contributed by atoms with Crippen LogP contribution in [0, 0.1) is 5.92 Å². The molecule has 3 aromatic rings. The third-order valence-corrected chi connectivity index (χ3v) is 8.13. The molecule has 1 aliphatic carbocycles. The molecule has 0 radical (unpaired) electrons. The lowest BCUT2D eigenvalue weighted by Crippen LogP contribution is -2.45. The molecule has 212 valence electrons. The molecule has 2 saturated heterocycles. The Morgan fingerprint density at radius 1 is 0.900 bits per heavy atom. The predicted molar refractivity (Wildman–Crippen MR) is 151 cm³/mol. The number of carbonyl (C=O) groups excluding carboxylic acids is 2. The summed E-state index contributed by atoms with van der Waals surface area (Å²) in [5.41, 5.74) is 1.13. The Labute approximate surface area is 237 Å². The van der Waals surface area contributed by atoms with E-state index in [9.17, 15) is 9.59 Å². The Hall–Kier alpha value is -3.25. The number of hydrogen-bond acceptors (Lipinski definition) is 9. The first-order valence-electron chi connectivity index (χ1n) is 13.9. The quantitative estimate of drug-likeness (QED) is 0.457. The molecule has 12 heteroatoms. The van der Waals surface area contributed by atoms with E-state index in [2.05, 4.69) is 25.4 Å². The van der Waals surface area contributed by atoms with E-state index in [4.69, 9.17) is 30.5 Å². The van der Waals surface area contributed by atoms with Gasteiger partial charge in [-0.05, 0) is 49.9 Å². The number of nitrogens with one attached hydrogen (secondary N) is 2. The molecule has 0 unspecified atom stereocenters. The fourth-order valence-electron chi connectivity index (χ4n) is 5.70. The van der Waals surface area contributed by atoms with Gasteiger partial charge in [-0.15, -0.1) is 0 Å². The molecule has 0 spiro atoms. The number of anilines is 3. The van der Waals surface area contributed by atoms with Crippen molar-refractivity contribution >= 4 is 51.8 Å². The molecule has 6 rings (SSSR count). The number of halogens is 1. The highest BCUT2D eigenvalue weighted by atomic mass is 35.5. The summed E-state index contributed by atoms with van der Waals surface area (Å²) in [5, 5.41) is 6.22. The first-order valence-corrected chi connectivity index (χ1v) is 14.2. The summed E-state index contributed by atoms with van der Waals surface area (Å²) in [6, 6.07) is 7.36. The van der Waals surface area contributed by atoms with Gasteiger partial charge in [0.05, 0.1) is 31.5 Å². The largest absolute Gasteiger partial charge is 0.447 e. The highest BCUT2D eigenvalue weighted by Gasteiger charge is 2.32. The minimum atomic E-state index is -0.535. The van der Waals surface area contributed by atoms with Crippen LogP contribution >= 0.6 is 11.6 Å². The van der Waals surface area contributed by atoms with Gasteiger partial charge >= 0.3 is 0 Å². The SMILES string of the molecule is O=C(Nc1ccc(Cl)cn1)c1oc2ccc(N3CCOCC3)nc2c1NC(=O)C1CCC(N2CCOCC2)CC1. The minimum Gasteiger partial charge on any atom is -0.447 e. The molecule has 2 N–H and O–H groups in total. The summed E-state index contributed by atoms with van der Waals surface area (Å²) in [6.45, 7) is 6.07. The van der Waals surface area contributed by atoms with E-state index >= 15 is 0 Å². The smallest absolute Gasteiger partial charge is 0.294 e. The summed E-state index contributed by atoms with van der Waals surface area (Å²) < 4.78 is 16.9. The maximum atomic E-state index is 13.5. The lowest BCUT2D eigenvalue weighted by Gasteiger charge is -2.38. The van der Waals surface area contributed by atoms with Crippen molar-refractivity contribution in [1.82, 2.24) is 14.9 Å². The average Bonchev–Trinajstić information content (AvgIpc) is 3.37. The van der Waals surface area contributed by atoms with E-state index in [0.717, 1.165) is 57.8 Å². The average molecular weight is 569 g/mol. The molecular weight excluding hydrogens is 536 g/mol. The predicted octanol–water partition coefficient (Wildman–Crippen LogP) is 3.79. The molecule has 40 heavy (non-hydrogen) atoms. The maximum absolute atomic E-state index is 13.5. The minimum absolute atomic E-state index is 0.0197. The molecule has 11 nitrogen and oxygen atoms in total. The van der Waals surface area contributed by atoms with Crippen molar-refractivity contribution in [1.29, 1.82) is 0 Å². The van der Waals surface area contributed by atoms with Crippen LogP contribution in [-0.2, 0) is 14.3 Å². The van der Waals surface area contributed by atoms with Crippen molar-refractivity contribution in [3.63, 3.8) is 0 Å². The number of hydrogen-bond donors (Lipinski definition) is 2. The lowest BCUT2D eigenvalue weighted by atomic mass is 9.84. The lowest BCUT2D eigenvalue weighted by molar-refractivity contribution is -0.121. The van der Waals surface area contributed by atoms with Gasteiger partial charge in [0, 0.05) is 44.3 Å². The van der Waals surface area contributed by atoms with Crippen LogP contribution in [0.2, 0.25) is 5.02 Å². The first-order chi connectivity index (χ1) is 19.5. The first kappa shape index (κ1) is 26.9. The highest BCUT2D eigenvalue weighted by molar-refractivity contribution is 6.30. The van der Waals surface area contributed by atoms with E-state index in [0.29, 0.717) is 54.3 Å². The van der Waals surface area contributed by atoms with Crippen LogP contribution in [0.5, 0.6) is 0 Å². The van der Waals surface area contributed by atoms with E-state index < -0.39 is 5.91 Å². The topological polar surface area (TPSA) is 122 Å². The number of furan rings is 1. The number of aromatic nitrogens is 2. The van der Waals surface area contributed by atoms with Gasteiger partial charge in [0.2, 0.25) is 11.7 Å². The zero-order chi connectivity index (χ0) is 27.5. The van der Waals surface area contributed by atoms with Crippen molar-refractivity contribution in [2.45, 2.75) is 31.7 Å². The van der Waals surface area contributed by atoms with Gasteiger partial charge in [0.15, 0.2) is 5.58 Å². The second-order valence-corrected chi connectivity index (χ2v) is 10.8. The van der Waals surface area contributed by atoms with Crippen molar-refractivity contribution in [2.24, 2.45) is 5.92 Å². The monoisotopic (exact) mass is 568 g/mol. The number of amides is 2. The second kappa shape index (κ2) is 12.1. The molecule has 0 bridgehead atoms. The van der Waals surface area contributed by atoms with E-state index in [-0.39, 0.29) is 23.3 Å². The van der Waals surface area contributed by atoms with Crippen molar-refractivity contribution < 1.29 is 23.5 Å². The van der Waals surface area contributed by atoms with Crippen LogP contribution in [0.25, 0.3) is 11.1 Å². The fraction of sp³-hybridized carbons (Fsp3) is 0.500. The van der Waals surface area contributed by atoms with E-state index in [1.807, 2.05) is 6.07 Å². The van der Waals surface area contributed by atoms with Crippen LogP contribution in [0.3, 0.4) is 0 Å². The van der Waals surface area contributed by atoms with Gasteiger partial charge in [-0.1, -0.05) is 11.6 Å². The molecule has 1 saturated carbocycles. The molecule has 0 aromatic carbocycles. The molecule has 2 aliphatic heterocycles. The number of fused-ring (bicyclic) bond motifs is 1. The normalized spacial score (nSPS) is 22.3. The highest BCUT2D eigenvalue weighted by Crippen LogP contribution is 2.34. The molecular formula is C28H33ClN6O5. The van der Waals surface area contributed by atoms with Crippen LogP contribution in [-0.4, -0.2) is 85.3 Å². The van der Waals surface area contributed by atoms with Gasteiger partial charge in [-0.3, -0.25) is 14.5 Å². The van der Waals surface area contributed by atoms with E-state index in [1.54, 1.807) is 18.2 Å². The third kappa shape index (κ3) is 5.92. The molecule has 3 aliphatic rings. The Bertz CT molecular complexity index is 1350. The van der Waals surface area contributed by atoms with Gasteiger partial charge in [-0.2, -0.15) is 0 Å². The molecule has 0 atom stereocenters. The Morgan fingerprint density at radius 2 is 1.62 bits per heavy atom. The summed E-state index contributed by atoms with van der Waals surface area (Å²) in [7, 11) is 0. The number of pyridine rings is 2. The Balaban J connectivity index is 1.24. The molecule has 3 fully saturated rings. The summed E-state index contributed by atoms with van der Waals surface area (Å²) in [5.74, 6) is 0.222. The number of carbonyl (C=O) groups is 2. The van der Waals surface area contributed by atoms with Crippen LogP contribution in [0.1, 0.15) is 36.2 Å². The Kier molecular flexibility index (Phi) is 8.15. The zero-order valence-corrected chi connectivity index (χ0v) is 23.0. The van der Waals surface area contributed by atoms with Crippen molar-refractivity contribution in [2.75, 3.05) is 68.1 Å². The fourth-order valence-corrected chi connectivity index (χ4v) is 5.82. The number of morpholine rings is 2.